The summed E-state index contributed by atoms with van der Waals surface area (Å²) in [6.07, 6.45) is 0. The lowest BCUT2D eigenvalue weighted by atomic mass is 10.2. The second-order valence-electron chi connectivity index (χ2n) is 2.68. The fourth-order valence-corrected chi connectivity index (χ4v) is 2.26. The molecule has 0 bridgehead atoms. The topological polar surface area (TPSA) is 80.4 Å². The van der Waals surface area contributed by atoms with E-state index in [4.69, 9.17) is 4.55 Å². The van der Waals surface area contributed by atoms with Crippen molar-refractivity contribution >= 4 is 25.6 Å². The first-order valence-electron chi connectivity index (χ1n) is 3.55. The zero-order valence-electron chi connectivity index (χ0n) is 7.17. The van der Waals surface area contributed by atoms with Gasteiger partial charge in [0.05, 0.1) is 9.82 Å². The van der Waals surface area contributed by atoms with E-state index in [0.29, 0.717) is 5.56 Å². The van der Waals surface area contributed by atoms with Gasteiger partial charge in [0.1, 0.15) is 0 Å². The Kier molecular flexibility index (Phi) is 2.84. The maximum Gasteiger partial charge on any atom is 0.270 e. The predicted molar refractivity (Wildman–Crippen MR) is 54.2 cm³/mol. The van der Waals surface area contributed by atoms with E-state index in [1.807, 2.05) is 0 Å². The minimum absolute atomic E-state index is 0.0679. The van der Waals surface area contributed by atoms with Gasteiger partial charge in [-0.25, -0.2) is 4.21 Å². The van der Waals surface area contributed by atoms with Crippen molar-refractivity contribution in [2.75, 3.05) is 0 Å². The molecule has 0 amide bonds. The van der Waals surface area contributed by atoms with Gasteiger partial charge < -0.3 is 4.55 Å². The van der Waals surface area contributed by atoms with Gasteiger partial charge in [-0.15, -0.1) is 0 Å². The molecule has 5 nitrogen and oxygen atoms in total. The van der Waals surface area contributed by atoms with Gasteiger partial charge in [0, 0.05) is 23.3 Å². The second kappa shape index (κ2) is 3.60. The first-order valence-corrected chi connectivity index (χ1v) is 5.99. The Morgan fingerprint density at radius 3 is 2.57 bits per heavy atom. The van der Waals surface area contributed by atoms with Gasteiger partial charge in [-0.1, -0.05) is 6.07 Å². The van der Waals surface area contributed by atoms with E-state index in [-0.39, 0.29) is 10.6 Å². The Hall–Kier alpha value is -1.05. The molecule has 1 aromatic carbocycles. The van der Waals surface area contributed by atoms with Crippen LogP contribution in [0, 0.1) is 17.0 Å². The van der Waals surface area contributed by atoms with Crippen molar-refractivity contribution in [1.29, 1.82) is 0 Å². The Bertz CT molecular complexity index is 480. The first-order chi connectivity index (χ1) is 6.32. The molecule has 0 fully saturated rings. The Morgan fingerprint density at radius 1 is 1.57 bits per heavy atom. The van der Waals surface area contributed by atoms with Crippen molar-refractivity contribution in [2.24, 2.45) is 0 Å². The monoisotopic (exact) mass is 233 g/mol. The highest BCUT2D eigenvalue weighted by atomic mass is 32.8. The molecule has 0 aliphatic heterocycles. The summed E-state index contributed by atoms with van der Waals surface area (Å²) < 4.78 is 20.2. The Balaban J connectivity index is 3.44. The zero-order chi connectivity index (χ0) is 10.9. The summed E-state index contributed by atoms with van der Waals surface area (Å²) in [5.74, 6) is 0. The third-order valence-electron chi connectivity index (χ3n) is 1.66. The van der Waals surface area contributed by atoms with E-state index in [0.717, 1.165) is 6.07 Å². The van der Waals surface area contributed by atoms with Crippen LogP contribution in [0.4, 0.5) is 5.69 Å². The summed E-state index contributed by atoms with van der Waals surface area (Å²) in [5, 5.41) is 10.4. The molecule has 0 aliphatic rings. The molecule has 1 N–H and O–H groups in total. The fourth-order valence-electron chi connectivity index (χ4n) is 0.980. The minimum Gasteiger partial charge on any atom is -0.302 e. The maximum absolute atomic E-state index is 11.1. The Labute approximate surface area is 85.4 Å². The van der Waals surface area contributed by atoms with Crippen LogP contribution in [0.2, 0.25) is 0 Å². The number of nitrogens with zero attached hydrogens (tertiary/aromatic N) is 1. The Morgan fingerprint density at radius 2 is 2.14 bits per heavy atom. The average Bonchev–Trinajstić information content (AvgIpc) is 2.02. The van der Waals surface area contributed by atoms with Crippen LogP contribution in [0.15, 0.2) is 23.1 Å². The lowest BCUT2D eigenvalue weighted by molar-refractivity contribution is -0.385. The number of non-ortho nitro benzene ring substituents is 1. The van der Waals surface area contributed by atoms with E-state index in [1.54, 1.807) is 6.92 Å². The smallest absolute Gasteiger partial charge is 0.270 e. The van der Waals surface area contributed by atoms with E-state index < -0.39 is 13.7 Å². The molecule has 0 aliphatic carbocycles. The number of hydrogen-bond acceptors (Lipinski definition) is 4. The van der Waals surface area contributed by atoms with Crippen LogP contribution < -0.4 is 0 Å². The van der Waals surface area contributed by atoms with Gasteiger partial charge in [0.2, 0.25) is 0 Å². The lowest BCUT2D eigenvalue weighted by Crippen LogP contribution is -2.00. The van der Waals surface area contributed by atoms with Gasteiger partial charge in [-0.2, -0.15) is 0 Å². The van der Waals surface area contributed by atoms with E-state index in [2.05, 4.69) is 11.2 Å². The molecule has 0 aromatic heterocycles. The van der Waals surface area contributed by atoms with E-state index in [9.17, 15) is 14.3 Å². The molecule has 0 radical (unpaired) electrons. The normalized spacial score (nSPS) is 14.7. The SMILES string of the molecule is Cc1ccc([N+](=O)[O-])cc1S(=O)(O)=S. The number of benzene rings is 1. The third-order valence-corrected chi connectivity index (χ3v) is 3.19. The van der Waals surface area contributed by atoms with Crippen LogP contribution in [0.5, 0.6) is 0 Å². The van der Waals surface area contributed by atoms with Gasteiger partial charge in [-0.3, -0.25) is 10.1 Å². The number of hydrogen-bond donors (Lipinski definition) is 1. The number of aryl methyl sites for hydroxylation is 1. The van der Waals surface area contributed by atoms with Gasteiger partial charge in [0.25, 0.3) is 5.69 Å². The fraction of sp³-hybridized carbons (Fsp3) is 0.143. The summed E-state index contributed by atoms with van der Waals surface area (Å²) in [6, 6.07) is 3.69. The van der Waals surface area contributed by atoms with Crippen LogP contribution in [-0.2, 0) is 20.0 Å². The van der Waals surface area contributed by atoms with Crippen LogP contribution in [0.3, 0.4) is 0 Å². The van der Waals surface area contributed by atoms with Crippen molar-refractivity contribution in [3.63, 3.8) is 0 Å². The highest BCUT2D eigenvalue weighted by Crippen LogP contribution is 2.21. The van der Waals surface area contributed by atoms with E-state index in [1.165, 1.54) is 12.1 Å². The van der Waals surface area contributed by atoms with Crippen molar-refractivity contribution in [3.8, 4) is 0 Å². The molecule has 14 heavy (non-hydrogen) atoms. The molecule has 7 heteroatoms. The molecular formula is C7H7NO4S2. The van der Waals surface area contributed by atoms with Crippen LogP contribution >= 0.6 is 0 Å². The second-order valence-corrected chi connectivity index (χ2v) is 5.43. The quantitative estimate of drug-likeness (QED) is 0.618. The van der Waals surface area contributed by atoms with Gasteiger partial charge >= 0.3 is 0 Å². The van der Waals surface area contributed by atoms with Crippen molar-refractivity contribution in [3.05, 3.63) is 33.9 Å². The molecule has 1 aromatic rings. The number of rotatable bonds is 2. The molecule has 1 rings (SSSR count). The first kappa shape index (κ1) is 11.0. The molecule has 76 valence electrons. The lowest BCUT2D eigenvalue weighted by Gasteiger charge is -2.03. The molecule has 0 saturated carbocycles. The number of nitro groups is 1. The van der Waals surface area contributed by atoms with E-state index >= 15 is 0 Å². The summed E-state index contributed by atoms with van der Waals surface area (Å²) in [5.41, 5.74) is 0.232. The van der Waals surface area contributed by atoms with Crippen molar-refractivity contribution < 1.29 is 13.7 Å². The molecular weight excluding hydrogens is 226 g/mol. The molecule has 1 unspecified atom stereocenters. The maximum atomic E-state index is 11.1. The number of nitro benzene ring substituents is 1. The molecule has 0 spiro atoms. The summed E-state index contributed by atoms with van der Waals surface area (Å²) >= 11 is 4.35. The third kappa shape index (κ3) is 2.25. The van der Waals surface area contributed by atoms with Crippen LogP contribution in [-0.4, -0.2) is 13.7 Å². The summed E-state index contributed by atoms with van der Waals surface area (Å²) in [7, 11) is -3.56. The average molecular weight is 233 g/mol. The minimum atomic E-state index is -3.56. The van der Waals surface area contributed by atoms with Crippen molar-refractivity contribution in [2.45, 2.75) is 11.8 Å². The van der Waals surface area contributed by atoms with Crippen molar-refractivity contribution in [1.82, 2.24) is 0 Å². The highest BCUT2D eigenvalue weighted by Gasteiger charge is 2.14. The highest BCUT2D eigenvalue weighted by molar-refractivity contribution is 8.29. The zero-order valence-corrected chi connectivity index (χ0v) is 8.80. The molecule has 0 saturated heterocycles. The standard InChI is InChI=1S/C7H7NO4S2/c1-5-2-3-6(8(9)10)4-7(5)14(11,12)13/h2-4H,1H3,(H,11,12,13). The van der Waals surface area contributed by atoms with Gasteiger partial charge in [-0.05, 0) is 12.5 Å². The van der Waals surface area contributed by atoms with Crippen LogP contribution in [0.1, 0.15) is 5.56 Å². The molecule has 0 heterocycles. The predicted octanol–water partition coefficient (Wildman–Crippen LogP) is 1.48. The summed E-state index contributed by atoms with van der Waals surface area (Å²) in [6.45, 7) is 1.57. The van der Waals surface area contributed by atoms with Gasteiger partial charge in [0.15, 0.2) is 8.77 Å². The summed E-state index contributed by atoms with van der Waals surface area (Å²) in [4.78, 5) is 9.69. The van der Waals surface area contributed by atoms with Crippen LogP contribution in [0.25, 0.3) is 0 Å². The largest absolute Gasteiger partial charge is 0.302 e. The molecule has 1 atom stereocenters.